The normalized spacial score (nSPS) is 10.4. The van der Waals surface area contributed by atoms with E-state index in [0.29, 0.717) is 22.1 Å². The van der Waals surface area contributed by atoms with Gasteiger partial charge >= 0.3 is 0 Å². The molecule has 3 aromatic rings. The lowest BCUT2D eigenvalue weighted by atomic mass is 10.1. The Bertz CT molecular complexity index is 930. The van der Waals surface area contributed by atoms with Gasteiger partial charge in [-0.25, -0.2) is 4.98 Å². The van der Waals surface area contributed by atoms with Crippen LogP contribution in [0, 0.1) is 0 Å². The van der Waals surface area contributed by atoms with Crippen LogP contribution in [-0.4, -0.2) is 28.3 Å². The summed E-state index contributed by atoms with van der Waals surface area (Å²) in [6, 6.07) is 10.9. The van der Waals surface area contributed by atoms with Gasteiger partial charge in [-0.3, -0.25) is 14.6 Å². The monoisotopic (exact) mass is 400 g/mol. The Morgan fingerprint density at radius 1 is 1.15 bits per heavy atom. The Kier molecular flexibility index (Phi) is 6.51. The summed E-state index contributed by atoms with van der Waals surface area (Å²) in [4.78, 5) is 33.0. The second-order valence-corrected chi connectivity index (χ2v) is 7.28. The summed E-state index contributed by atoms with van der Waals surface area (Å²) < 4.78 is 0. The number of pyridine rings is 1. The van der Waals surface area contributed by atoms with Crippen molar-refractivity contribution in [2.45, 2.75) is 12.8 Å². The summed E-state index contributed by atoms with van der Waals surface area (Å²) in [5.41, 5.74) is 1.60. The van der Waals surface area contributed by atoms with E-state index in [1.54, 1.807) is 30.7 Å². The Morgan fingerprint density at radius 2 is 1.96 bits per heavy atom. The number of carbonyl (C=O) groups is 2. The van der Waals surface area contributed by atoms with Crippen molar-refractivity contribution in [3.8, 4) is 0 Å². The van der Waals surface area contributed by atoms with Crippen LogP contribution < -0.4 is 10.6 Å². The molecule has 0 radical (unpaired) electrons. The van der Waals surface area contributed by atoms with Gasteiger partial charge < -0.3 is 10.6 Å². The van der Waals surface area contributed by atoms with E-state index in [9.17, 15) is 9.59 Å². The van der Waals surface area contributed by atoms with E-state index < -0.39 is 0 Å². The van der Waals surface area contributed by atoms with Gasteiger partial charge in [0.25, 0.3) is 5.91 Å². The first-order chi connectivity index (χ1) is 13.1. The molecule has 2 aromatic heterocycles. The van der Waals surface area contributed by atoms with Crippen LogP contribution in [0.3, 0.4) is 0 Å². The van der Waals surface area contributed by atoms with Crippen LogP contribution in [0.5, 0.6) is 0 Å². The standard InChI is InChI=1S/C19H17ClN4O2S/c20-15-3-1-2-13(10-15)11-16-12-23-19(27-16)24-17(25)6-9-22-18(26)14-4-7-21-8-5-14/h1-5,7-8,10,12H,6,9,11H2,(H,22,26)(H,23,24,25). The summed E-state index contributed by atoms with van der Waals surface area (Å²) in [6.07, 6.45) is 5.71. The molecule has 0 saturated carbocycles. The van der Waals surface area contributed by atoms with Crippen LogP contribution in [0.1, 0.15) is 27.2 Å². The number of amides is 2. The summed E-state index contributed by atoms with van der Waals surface area (Å²) >= 11 is 7.41. The van der Waals surface area contributed by atoms with Gasteiger partial charge in [0.05, 0.1) is 0 Å². The average molecular weight is 401 g/mol. The molecule has 3 rings (SSSR count). The molecular formula is C19H17ClN4O2S. The van der Waals surface area contributed by atoms with Crippen molar-refractivity contribution in [1.29, 1.82) is 0 Å². The number of nitrogens with one attached hydrogen (secondary N) is 2. The molecule has 2 N–H and O–H groups in total. The molecule has 138 valence electrons. The van der Waals surface area contributed by atoms with Crippen LogP contribution in [0.25, 0.3) is 0 Å². The molecule has 6 nitrogen and oxygen atoms in total. The second kappa shape index (κ2) is 9.25. The highest BCUT2D eigenvalue weighted by Gasteiger charge is 2.09. The fraction of sp³-hybridized carbons (Fsp3) is 0.158. The molecule has 0 unspecified atom stereocenters. The molecule has 0 atom stereocenters. The van der Waals surface area contributed by atoms with Crippen molar-refractivity contribution >= 4 is 39.9 Å². The molecule has 2 amide bonds. The van der Waals surface area contributed by atoms with Crippen LogP contribution in [-0.2, 0) is 11.2 Å². The van der Waals surface area contributed by atoms with Crippen LogP contribution in [0.4, 0.5) is 5.13 Å². The van der Waals surface area contributed by atoms with Gasteiger partial charge in [0, 0.05) is 53.4 Å². The molecule has 0 aliphatic heterocycles. The highest BCUT2D eigenvalue weighted by Crippen LogP contribution is 2.22. The fourth-order valence-corrected chi connectivity index (χ4v) is 3.45. The number of rotatable bonds is 7. The molecule has 0 aliphatic carbocycles. The SMILES string of the molecule is O=C(CCNC(=O)c1ccncc1)Nc1ncc(Cc2cccc(Cl)c2)s1. The summed E-state index contributed by atoms with van der Waals surface area (Å²) in [5, 5.41) is 6.69. The first-order valence-electron chi connectivity index (χ1n) is 8.27. The number of hydrogen-bond acceptors (Lipinski definition) is 5. The predicted molar refractivity (Wildman–Crippen MR) is 106 cm³/mol. The van der Waals surface area contributed by atoms with Gasteiger partial charge in [0.1, 0.15) is 0 Å². The molecule has 1 aromatic carbocycles. The fourth-order valence-electron chi connectivity index (χ4n) is 2.37. The topological polar surface area (TPSA) is 84.0 Å². The zero-order chi connectivity index (χ0) is 19.1. The van der Waals surface area contributed by atoms with E-state index in [2.05, 4.69) is 20.6 Å². The Labute approximate surface area is 165 Å². The van der Waals surface area contributed by atoms with Crippen molar-refractivity contribution in [2.75, 3.05) is 11.9 Å². The van der Waals surface area contributed by atoms with Crippen molar-refractivity contribution in [1.82, 2.24) is 15.3 Å². The van der Waals surface area contributed by atoms with Crippen LogP contribution in [0.2, 0.25) is 5.02 Å². The number of halogens is 1. The van der Waals surface area contributed by atoms with Gasteiger partial charge in [0.2, 0.25) is 5.91 Å². The van der Waals surface area contributed by atoms with Gasteiger partial charge in [-0.2, -0.15) is 0 Å². The summed E-state index contributed by atoms with van der Waals surface area (Å²) in [7, 11) is 0. The van der Waals surface area contributed by atoms with Crippen LogP contribution >= 0.6 is 22.9 Å². The average Bonchev–Trinajstić information content (AvgIpc) is 3.09. The van der Waals surface area contributed by atoms with E-state index in [-0.39, 0.29) is 24.8 Å². The lowest BCUT2D eigenvalue weighted by Crippen LogP contribution is -2.27. The maximum Gasteiger partial charge on any atom is 0.251 e. The van der Waals surface area contributed by atoms with E-state index in [1.807, 2.05) is 24.3 Å². The molecule has 8 heteroatoms. The Morgan fingerprint density at radius 3 is 2.74 bits per heavy atom. The zero-order valence-corrected chi connectivity index (χ0v) is 15.9. The Balaban J connectivity index is 1.44. The minimum Gasteiger partial charge on any atom is -0.352 e. The zero-order valence-electron chi connectivity index (χ0n) is 14.3. The van der Waals surface area contributed by atoms with Crippen molar-refractivity contribution in [3.63, 3.8) is 0 Å². The molecule has 0 spiro atoms. The van der Waals surface area contributed by atoms with Gasteiger partial charge in [-0.1, -0.05) is 23.7 Å². The quantitative estimate of drug-likeness (QED) is 0.635. The van der Waals surface area contributed by atoms with Gasteiger partial charge in [0.15, 0.2) is 5.13 Å². The third kappa shape index (κ3) is 5.87. The number of benzene rings is 1. The minimum absolute atomic E-state index is 0.167. The first-order valence-corrected chi connectivity index (χ1v) is 9.47. The van der Waals surface area contributed by atoms with E-state index in [1.165, 1.54) is 11.3 Å². The number of aromatic nitrogens is 2. The largest absolute Gasteiger partial charge is 0.352 e. The van der Waals surface area contributed by atoms with E-state index in [0.717, 1.165) is 10.4 Å². The van der Waals surface area contributed by atoms with Gasteiger partial charge in [-0.15, -0.1) is 11.3 Å². The van der Waals surface area contributed by atoms with Crippen molar-refractivity contribution < 1.29 is 9.59 Å². The summed E-state index contributed by atoms with van der Waals surface area (Å²) in [5.74, 6) is -0.433. The smallest absolute Gasteiger partial charge is 0.251 e. The highest BCUT2D eigenvalue weighted by molar-refractivity contribution is 7.15. The summed E-state index contributed by atoms with van der Waals surface area (Å²) in [6.45, 7) is 0.244. The number of anilines is 1. The number of thiazole rings is 1. The lowest BCUT2D eigenvalue weighted by Gasteiger charge is -2.05. The third-order valence-corrected chi connectivity index (χ3v) is 4.80. The maximum atomic E-state index is 12.0. The van der Waals surface area contributed by atoms with Crippen molar-refractivity contribution in [3.05, 3.63) is 76.0 Å². The molecule has 0 saturated heterocycles. The molecule has 2 heterocycles. The number of nitrogens with zero attached hydrogens (tertiary/aromatic N) is 2. The highest BCUT2D eigenvalue weighted by atomic mass is 35.5. The second-order valence-electron chi connectivity index (χ2n) is 5.73. The van der Waals surface area contributed by atoms with Crippen LogP contribution in [0.15, 0.2) is 55.0 Å². The molecule has 0 bridgehead atoms. The molecule has 27 heavy (non-hydrogen) atoms. The number of hydrogen-bond donors (Lipinski definition) is 2. The minimum atomic E-state index is -0.233. The lowest BCUT2D eigenvalue weighted by molar-refractivity contribution is -0.116. The first kappa shape index (κ1) is 19.0. The molecular weight excluding hydrogens is 384 g/mol. The predicted octanol–water partition coefficient (Wildman–Crippen LogP) is 3.54. The Hall–Kier alpha value is -2.77. The molecule has 0 aliphatic rings. The van der Waals surface area contributed by atoms with E-state index >= 15 is 0 Å². The van der Waals surface area contributed by atoms with Crippen molar-refractivity contribution in [2.24, 2.45) is 0 Å². The third-order valence-electron chi connectivity index (χ3n) is 3.65. The van der Waals surface area contributed by atoms with Gasteiger partial charge in [-0.05, 0) is 29.8 Å². The number of carbonyl (C=O) groups excluding carboxylic acids is 2. The maximum absolute atomic E-state index is 12.0. The van der Waals surface area contributed by atoms with E-state index in [4.69, 9.17) is 11.6 Å². The molecule has 0 fully saturated rings.